The molecule has 192 valence electrons. The lowest BCUT2D eigenvalue weighted by molar-refractivity contribution is -0.122. The SMILES string of the molecule is C[C@H]1COCC[C@@H]1Nc1ncc2nc(Nc3c(F)cc(Cl)cc3Cl)n([C@H]3CC[C@@H](C(N)=O)CC3)c2n1. The molecule has 1 amide bonds. The molecule has 4 N–H and O–H groups in total. The summed E-state index contributed by atoms with van der Waals surface area (Å²) >= 11 is 12.2. The highest BCUT2D eigenvalue weighted by Crippen LogP contribution is 2.38. The highest BCUT2D eigenvalue weighted by molar-refractivity contribution is 6.36. The Morgan fingerprint density at radius 3 is 2.67 bits per heavy atom. The van der Waals surface area contributed by atoms with Gasteiger partial charge in [0, 0.05) is 29.6 Å². The van der Waals surface area contributed by atoms with Gasteiger partial charge < -0.3 is 21.1 Å². The summed E-state index contributed by atoms with van der Waals surface area (Å²) in [6, 6.07) is 2.83. The van der Waals surface area contributed by atoms with Crippen LogP contribution in [0.15, 0.2) is 18.3 Å². The number of rotatable bonds is 6. The molecule has 2 aliphatic rings. The van der Waals surface area contributed by atoms with Gasteiger partial charge in [0.25, 0.3) is 0 Å². The monoisotopic (exact) mass is 535 g/mol. The Kier molecular flexibility index (Phi) is 7.18. The highest BCUT2D eigenvalue weighted by atomic mass is 35.5. The Hall–Kier alpha value is -2.69. The third-order valence-electron chi connectivity index (χ3n) is 7.10. The first-order chi connectivity index (χ1) is 17.3. The number of nitrogens with two attached hydrogens (primary N) is 1. The molecule has 0 radical (unpaired) electrons. The number of nitrogens with zero attached hydrogens (tertiary/aromatic N) is 4. The van der Waals surface area contributed by atoms with Crippen LogP contribution in [0.25, 0.3) is 11.2 Å². The van der Waals surface area contributed by atoms with E-state index in [1.807, 2.05) is 4.57 Å². The van der Waals surface area contributed by atoms with Gasteiger partial charge in [-0.15, -0.1) is 0 Å². The summed E-state index contributed by atoms with van der Waals surface area (Å²) in [6.07, 6.45) is 5.24. The molecule has 2 aromatic heterocycles. The quantitative estimate of drug-likeness (QED) is 0.402. The second kappa shape index (κ2) is 10.4. The first kappa shape index (κ1) is 25.0. The van der Waals surface area contributed by atoms with Crippen molar-refractivity contribution in [2.24, 2.45) is 17.6 Å². The van der Waals surface area contributed by atoms with E-state index in [0.717, 1.165) is 6.42 Å². The third-order valence-corrected chi connectivity index (χ3v) is 7.61. The molecule has 5 rings (SSSR count). The molecule has 2 fully saturated rings. The first-order valence-electron chi connectivity index (χ1n) is 12.1. The van der Waals surface area contributed by atoms with Crippen molar-refractivity contribution in [3.05, 3.63) is 34.2 Å². The van der Waals surface area contributed by atoms with E-state index < -0.39 is 5.82 Å². The fourth-order valence-electron chi connectivity index (χ4n) is 5.05. The van der Waals surface area contributed by atoms with Crippen molar-refractivity contribution in [3.63, 3.8) is 0 Å². The molecule has 12 heteroatoms. The van der Waals surface area contributed by atoms with Crippen LogP contribution in [0.3, 0.4) is 0 Å². The normalized spacial score (nSPS) is 24.6. The fraction of sp³-hybridized carbons (Fsp3) is 0.500. The lowest BCUT2D eigenvalue weighted by atomic mass is 9.85. The summed E-state index contributed by atoms with van der Waals surface area (Å²) in [5, 5.41) is 6.83. The molecule has 3 aromatic rings. The van der Waals surface area contributed by atoms with Crippen LogP contribution >= 0.6 is 23.2 Å². The van der Waals surface area contributed by atoms with Crippen molar-refractivity contribution in [3.8, 4) is 0 Å². The number of aromatic nitrogens is 4. The molecule has 1 saturated heterocycles. The fourth-order valence-corrected chi connectivity index (χ4v) is 5.56. The van der Waals surface area contributed by atoms with Crippen LogP contribution in [0, 0.1) is 17.7 Å². The predicted molar refractivity (Wildman–Crippen MR) is 137 cm³/mol. The molecule has 3 heterocycles. The average Bonchev–Trinajstić information content (AvgIpc) is 3.20. The van der Waals surface area contributed by atoms with Gasteiger partial charge in [0.2, 0.25) is 17.8 Å². The van der Waals surface area contributed by atoms with Gasteiger partial charge in [-0.2, -0.15) is 4.98 Å². The van der Waals surface area contributed by atoms with Crippen molar-refractivity contribution < 1.29 is 13.9 Å². The number of amides is 1. The van der Waals surface area contributed by atoms with Gasteiger partial charge in [0.15, 0.2) is 5.65 Å². The molecular weight excluding hydrogens is 508 g/mol. The molecule has 2 atom stereocenters. The van der Waals surface area contributed by atoms with E-state index in [2.05, 4.69) is 27.5 Å². The predicted octanol–water partition coefficient (Wildman–Crippen LogP) is 5.07. The Labute approximate surface area is 217 Å². The largest absolute Gasteiger partial charge is 0.381 e. The second-order valence-corrected chi connectivity index (χ2v) is 10.4. The van der Waals surface area contributed by atoms with Crippen LogP contribution in [0.5, 0.6) is 0 Å². The maximum atomic E-state index is 14.8. The maximum absolute atomic E-state index is 14.8. The molecule has 1 aromatic carbocycles. The molecule has 1 aliphatic carbocycles. The lowest BCUT2D eigenvalue weighted by Crippen LogP contribution is -2.36. The van der Waals surface area contributed by atoms with E-state index in [4.69, 9.17) is 38.7 Å². The Balaban J connectivity index is 1.53. The number of anilines is 3. The number of nitrogens with one attached hydrogen (secondary N) is 2. The van der Waals surface area contributed by atoms with Gasteiger partial charge in [-0.1, -0.05) is 30.1 Å². The minimum Gasteiger partial charge on any atom is -0.381 e. The number of hydrogen-bond donors (Lipinski definition) is 3. The van der Waals surface area contributed by atoms with Gasteiger partial charge in [-0.05, 0) is 50.2 Å². The van der Waals surface area contributed by atoms with Gasteiger partial charge in [-0.25, -0.2) is 14.4 Å². The van der Waals surface area contributed by atoms with Crippen LogP contribution in [-0.2, 0) is 9.53 Å². The highest BCUT2D eigenvalue weighted by Gasteiger charge is 2.30. The van der Waals surface area contributed by atoms with E-state index in [9.17, 15) is 9.18 Å². The van der Waals surface area contributed by atoms with Crippen LogP contribution in [0.2, 0.25) is 10.0 Å². The van der Waals surface area contributed by atoms with Crippen LogP contribution < -0.4 is 16.4 Å². The molecule has 0 unspecified atom stereocenters. The summed E-state index contributed by atoms with van der Waals surface area (Å²) in [6.45, 7) is 3.50. The number of ether oxygens (including phenoxy) is 1. The lowest BCUT2D eigenvalue weighted by Gasteiger charge is -2.30. The zero-order valence-corrected chi connectivity index (χ0v) is 21.3. The summed E-state index contributed by atoms with van der Waals surface area (Å²) < 4.78 is 22.3. The molecule has 0 bridgehead atoms. The van der Waals surface area contributed by atoms with E-state index in [1.54, 1.807) is 6.20 Å². The number of carbonyl (C=O) groups is 1. The van der Waals surface area contributed by atoms with Gasteiger partial charge in [-0.3, -0.25) is 9.36 Å². The molecular formula is C24H28Cl2FN7O2. The number of carbonyl (C=O) groups excluding carboxylic acids is 1. The molecule has 36 heavy (non-hydrogen) atoms. The summed E-state index contributed by atoms with van der Waals surface area (Å²) in [7, 11) is 0. The standard InChI is InChI=1S/C24H28Cl2FN7O2/c1-12-11-36-7-6-18(12)30-23-29-10-19-22(33-23)34(15-4-2-13(3-5-15)21(28)35)24(31-19)32-20-16(26)8-14(25)9-17(20)27/h8-10,12-13,15,18H,2-7,11H2,1H3,(H2,28,35)(H,31,32)(H,29,30,33)/t12-,13-,15+,18-/m0/s1. The smallest absolute Gasteiger partial charge is 0.224 e. The van der Waals surface area contributed by atoms with Crippen molar-refractivity contribution >= 4 is 57.9 Å². The van der Waals surface area contributed by atoms with E-state index in [-0.39, 0.29) is 39.6 Å². The first-order valence-corrected chi connectivity index (χ1v) is 12.9. The van der Waals surface area contributed by atoms with Crippen LogP contribution in [0.4, 0.5) is 22.0 Å². The minimum absolute atomic E-state index is 0.0213. The summed E-state index contributed by atoms with van der Waals surface area (Å²) in [5.74, 6) is 0.177. The van der Waals surface area contributed by atoms with Crippen molar-refractivity contribution in [1.29, 1.82) is 0 Å². The topological polar surface area (TPSA) is 120 Å². The average molecular weight is 536 g/mol. The number of hydrogen-bond acceptors (Lipinski definition) is 7. The van der Waals surface area contributed by atoms with Gasteiger partial charge in [0.05, 0.1) is 23.5 Å². The Bertz CT molecular complexity index is 1260. The van der Waals surface area contributed by atoms with Crippen LogP contribution in [0.1, 0.15) is 45.1 Å². The number of imidazole rings is 1. The third kappa shape index (κ3) is 5.07. The minimum atomic E-state index is -0.592. The van der Waals surface area contributed by atoms with Crippen molar-refractivity contribution in [2.75, 3.05) is 23.8 Å². The van der Waals surface area contributed by atoms with Crippen molar-refractivity contribution in [2.45, 2.75) is 51.1 Å². The zero-order chi connectivity index (χ0) is 25.4. The van der Waals surface area contributed by atoms with E-state index >= 15 is 0 Å². The van der Waals surface area contributed by atoms with E-state index in [1.165, 1.54) is 12.1 Å². The molecule has 9 nitrogen and oxygen atoms in total. The summed E-state index contributed by atoms with van der Waals surface area (Å²) in [4.78, 5) is 25.7. The molecule has 1 aliphatic heterocycles. The maximum Gasteiger partial charge on any atom is 0.224 e. The van der Waals surface area contributed by atoms with Gasteiger partial charge >= 0.3 is 0 Å². The Morgan fingerprint density at radius 2 is 1.97 bits per heavy atom. The number of fused-ring (bicyclic) bond motifs is 1. The van der Waals surface area contributed by atoms with Crippen LogP contribution in [-0.4, -0.2) is 44.7 Å². The zero-order valence-electron chi connectivity index (χ0n) is 19.8. The molecule has 0 spiro atoms. The van der Waals surface area contributed by atoms with Gasteiger partial charge in [0.1, 0.15) is 11.3 Å². The summed E-state index contributed by atoms with van der Waals surface area (Å²) in [5.41, 5.74) is 6.79. The molecule has 1 saturated carbocycles. The number of primary amides is 1. The number of halogens is 3. The second-order valence-electron chi connectivity index (χ2n) is 9.58. The van der Waals surface area contributed by atoms with E-state index in [0.29, 0.717) is 67.9 Å². The number of benzene rings is 1. The van der Waals surface area contributed by atoms with Crippen molar-refractivity contribution in [1.82, 2.24) is 19.5 Å². The Morgan fingerprint density at radius 1 is 1.19 bits per heavy atom.